The van der Waals surface area contributed by atoms with Crippen molar-refractivity contribution in [2.24, 2.45) is 5.73 Å². The minimum Gasteiger partial charge on any atom is -0.486 e. The lowest BCUT2D eigenvalue weighted by Gasteiger charge is -2.36. The fraction of sp³-hybridized carbons (Fsp3) is 0.562. The lowest BCUT2D eigenvalue weighted by molar-refractivity contribution is 0.0595. The van der Waals surface area contributed by atoms with Crippen molar-refractivity contribution in [1.82, 2.24) is 4.90 Å². The van der Waals surface area contributed by atoms with Crippen LogP contribution in [0, 0.1) is 0 Å². The van der Waals surface area contributed by atoms with Crippen LogP contribution in [0.4, 0.5) is 0 Å². The highest BCUT2D eigenvalue weighted by Gasteiger charge is 2.30. The summed E-state index contributed by atoms with van der Waals surface area (Å²) in [6, 6.07) is 5.77. The van der Waals surface area contributed by atoms with Crippen LogP contribution in [0.15, 0.2) is 18.2 Å². The van der Waals surface area contributed by atoms with E-state index in [1.165, 1.54) is 6.42 Å². The summed E-state index contributed by atoms with van der Waals surface area (Å²) >= 11 is 0. The van der Waals surface area contributed by atoms with Gasteiger partial charge in [-0.15, -0.1) is 0 Å². The van der Waals surface area contributed by atoms with Crippen molar-refractivity contribution in [3.63, 3.8) is 0 Å². The van der Waals surface area contributed by atoms with Crippen molar-refractivity contribution < 1.29 is 14.3 Å². The Kier molecular flexibility index (Phi) is 4.29. The van der Waals surface area contributed by atoms with E-state index >= 15 is 0 Å². The molecule has 1 saturated heterocycles. The molecule has 3 rings (SSSR count). The molecule has 2 heterocycles. The third kappa shape index (κ3) is 2.83. The molecular formula is C16H22N2O3. The second-order valence-electron chi connectivity index (χ2n) is 5.56. The normalized spacial score (nSPS) is 21.2. The number of likely N-dealkylation sites (tertiary alicyclic amines) is 1. The SMILES string of the molecule is NCCC1CCCCN1C(=O)c1cccc2c1OCCO2. The predicted molar refractivity (Wildman–Crippen MR) is 79.8 cm³/mol. The Labute approximate surface area is 125 Å². The van der Waals surface area contributed by atoms with Crippen LogP contribution in [0.5, 0.6) is 11.5 Å². The number of hydrogen-bond acceptors (Lipinski definition) is 4. The number of nitrogens with two attached hydrogens (primary N) is 1. The van der Waals surface area contributed by atoms with Crippen molar-refractivity contribution in [3.8, 4) is 11.5 Å². The summed E-state index contributed by atoms with van der Waals surface area (Å²) in [5.74, 6) is 1.29. The molecule has 114 valence electrons. The molecule has 1 fully saturated rings. The fourth-order valence-electron chi connectivity index (χ4n) is 3.16. The second kappa shape index (κ2) is 6.35. The number of amides is 1. The molecule has 1 atom stereocenters. The Balaban J connectivity index is 1.87. The van der Waals surface area contributed by atoms with Crippen molar-refractivity contribution in [2.45, 2.75) is 31.7 Å². The molecule has 0 spiro atoms. The van der Waals surface area contributed by atoms with E-state index in [2.05, 4.69) is 0 Å². The third-order valence-corrected chi connectivity index (χ3v) is 4.18. The van der Waals surface area contributed by atoms with E-state index in [-0.39, 0.29) is 11.9 Å². The van der Waals surface area contributed by atoms with Crippen LogP contribution in [-0.4, -0.2) is 43.2 Å². The van der Waals surface area contributed by atoms with Gasteiger partial charge in [-0.05, 0) is 44.4 Å². The smallest absolute Gasteiger partial charge is 0.258 e. The zero-order valence-electron chi connectivity index (χ0n) is 12.2. The number of rotatable bonds is 3. The van der Waals surface area contributed by atoms with Crippen molar-refractivity contribution in [3.05, 3.63) is 23.8 Å². The molecule has 1 aromatic rings. The highest BCUT2D eigenvalue weighted by molar-refractivity contribution is 5.98. The van der Waals surface area contributed by atoms with Crippen LogP contribution in [0.3, 0.4) is 0 Å². The molecule has 2 N–H and O–H groups in total. The maximum Gasteiger partial charge on any atom is 0.258 e. The molecule has 1 amide bonds. The maximum absolute atomic E-state index is 12.9. The standard InChI is InChI=1S/C16H22N2O3/c17-8-7-12-4-1-2-9-18(12)16(19)13-5-3-6-14-15(13)21-11-10-20-14/h3,5-6,12H,1-2,4,7-11,17H2. The van der Waals surface area contributed by atoms with Gasteiger partial charge in [0.25, 0.3) is 5.91 Å². The van der Waals surface area contributed by atoms with Gasteiger partial charge in [-0.3, -0.25) is 4.79 Å². The van der Waals surface area contributed by atoms with Gasteiger partial charge < -0.3 is 20.1 Å². The van der Waals surface area contributed by atoms with Crippen LogP contribution in [-0.2, 0) is 0 Å². The van der Waals surface area contributed by atoms with Crippen molar-refractivity contribution >= 4 is 5.91 Å². The largest absolute Gasteiger partial charge is 0.486 e. The molecule has 2 aliphatic rings. The van der Waals surface area contributed by atoms with Crippen LogP contribution in [0.1, 0.15) is 36.0 Å². The third-order valence-electron chi connectivity index (χ3n) is 4.18. The molecule has 2 aliphatic heterocycles. The van der Waals surface area contributed by atoms with Crippen LogP contribution in [0.2, 0.25) is 0 Å². The van der Waals surface area contributed by atoms with E-state index < -0.39 is 0 Å². The van der Waals surface area contributed by atoms with Crippen molar-refractivity contribution in [1.29, 1.82) is 0 Å². The number of nitrogens with zero attached hydrogens (tertiary/aromatic N) is 1. The maximum atomic E-state index is 12.9. The van der Waals surface area contributed by atoms with Crippen LogP contribution in [0.25, 0.3) is 0 Å². The molecule has 21 heavy (non-hydrogen) atoms. The van der Waals surface area contributed by atoms with Gasteiger partial charge in [-0.1, -0.05) is 6.07 Å². The molecule has 0 aliphatic carbocycles. The molecule has 5 heteroatoms. The van der Waals surface area contributed by atoms with Gasteiger partial charge in [0, 0.05) is 12.6 Å². The van der Waals surface area contributed by atoms with Crippen molar-refractivity contribution in [2.75, 3.05) is 26.3 Å². The van der Waals surface area contributed by atoms with E-state index in [4.69, 9.17) is 15.2 Å². The molecule has 5 nitrogen and oxygen atoms in total. The first kappa shape index (κ1) is 14.2. The topological polar surface area (TPSA) is 64.8 Å². The number of para-hydroxylation sites is 1. The Morgan fingerprint density at radius 3 is 3.00 bits per heavy atom. The summed E-state index contributed by atoms with van der Waals surface area (Å²) in [5.41, 5.74) is 6.30. The number of hydrogen-bond donors (Lipinski definition) is 1. The number of fused-ring (bicyclic) bond motifs is 1. The average Bonchev–Trinajstić information content (AvgIpc) is 2.54. The number of carbonyl (C=O) groups excluding carboxylic acids is 1. The van der Waals surface area contributed by atoms with E-state index in [0.29, 0.717) is 36.8 Å². The van der Waals surface area contributed by atoms with Gasteiger partial charge in [0.05, 0.1) is 5.56 Å². The summed E-state index contributed by atoms with van der Waals surface area (Å²) in [7, 11) is 0. The summed E-state index contributed by atoms with van der Waals surface area (Å²) in [5, 5.41) is 0. The lowest BCUT2D eigenvalue weighted by Crippen LogP contribution is -2.44. The summed E-state index contributed by atoms with van der Waals surface area (Å²) in [6.45, 7) is 2.43. The number of benzene rings is 1. The van der Waals surface area contributed by atoms with Gasteiger partial charge in [-0.2, -0.15) is 0 Å². The van der Waals surface area contributed by atoms with E-state index in [9.17, 15) is 4.79 Å². The highest BCUT2D eigenvalue weighted by atomic mass is 16.6. The first-order valence-corrected chi connectivity index (χ1v) is 7.71. The first-order valence-electron chi connectivity index (χ1n) is 7.71. The van der Waals surface area contributed by atoms with Crippen LogP contribution < -0.4 is 15.2 Å². The zero-order valence-corrected chi connectivity index (χ0v) is 12.2. The molecule has 0 radical (unpaired) electrons. The summed E-state index contributed by atoms with van der Waals surface area (Å²) < 4.78 is 11.2. The Morgan fingerprint density at radius 2 is 2.14 bits per heavy atom. The predicted octanol–water partition coefficient (Wildman–Crippen LogP) is 1.80. The average molecular weight is 290 g/mol. The van der Waals surface area contributed by atoms with E-state index in [1.54, 1.807) is 0 Å². The lowest BCUT2D eigenvalue weighted by atomic mass is 9.98. The monoisotopic (exact) mass is 290 g/mol. The minimum atomic E-state index is 0.0375. The molecule has 1 unspecified atom stereocenters. The van der Waals surface area contributed by atoms with Crippen LogP contribution >= 0.6 is 0 Å². The minimum absolute atomic E-state index is 0.0375. The quantitative estimate of drug-likeness (QED) is 0.922. The fourth-order valence-corrected chi connectivity index (χ4v) is 3.16. The van der Waals surface area contributed by atoms with E-state index in [0.717, 1.165) is 25.8 Å². The molecular weight excluding hydrogens is 268 g/mol. The Hall–Kier alpha value is -1.75. The summed E-state index contributed by atoms with van der Waals surface area (Å²) in [4.78, 5) is 14.9. The van der Waals surface area contributed by atoms with Gasteiger partial charge in [-0.25, -0.2) is 0 Å². The van der Waals surface area contributed by atoms with Gasteiger partial charge >= 0.3 is 0 Å². The first-order chi connectivity index (χ1) is 10.3. The number of ether oxygens (including phenoxy) is 2. The molecule has 0 bridgehead atoms. The van der Waals surface area contributed by atoms with E-state index in [1.807, 2.05) is 23.1 Å². The molecule has 0 aromatic heterocycles. The number of carbonyl (C=O) groups is 1. The molecule has 0 saturated carbocycles. The zero-order chi connectivity index (χ0) is 14.7. The van der Waals surface area contributed by atoms with Gasteiger partial charge in [0.15, 0.2) is 11.5 Å². The number of piperidine rings is 1. The Morgan fingerprint density at radius 1 is 1.29 bits per heavy atom. The van der Waals surface area contributed by atoms with Gasteiger partial charge in [0.2, 0.25) is 0 Å². The Bertz CT molecular complexity index is 516. The summed E-state index contributed by atoms with van der Waals surface area (Å²) in [6.07, 6.45) is 4.12. The second-order valence-corrected chi connectivity index (χ2v) is 5.56. The molecule has 1 aromatic carbocycles. The highest BCUT2D eigenvalue weighted by Crippen LogP contribution is 2.35. The van der Waals surface area contributed by atoms with Gasteiger partial charge in [0.1, 0.15) is 13.2 Å².